The van der Waals surface area contributed by atoms with Gasteiger partial charge in [0.1, 0.15) is 17.3 Å². The topological polar surface area (TPSA) is 76.1 Å². The number of carbonyl (C=O) groups excluding carboxylic acids is 1. The summed E-state index contributed by atoms with van der Waals surface area (Å²) >= 11 is 0. The van der Waals surface area contributed by atoms with E-state index in [9.17, 15) is 4.79 Å². The van der Waals surface area contributed by atoms with Gasteiger partial charge in [-0.1, -0.05) is 43.3 Å². The lowest BCUT2D eigenvalue weighted by Gasteiger charge is -2.13. The van der Waals surface area contributed by atoms with Crippen LogP contribution in [0.4, 0.5) is 11.5 Å². The molecule has 3 rings (SSSR count). The van der Waals surface area contributed by atoms with Gasteiger partial charge in [-0.3, -0.25) is 4.79 Å². The van der Waals surface area contributed by atoms with Crippen LogP contribution in [0.2, 0.25) is 0 Å². The number of para-hydroxylation sites is 2. The predicted octanol–water partition coefficient (Wildman–Crippen LogP) is 4.26. The molecule has 6 heteroatoms. The zero-order valence-corrected chi connectivity index (χ0v) is 17.0. The number of nitrogens with zero attached hydrogens (tertiary/aromatic N) is 2. The second-order valence-electron chi connectivity index (χ2n) is 6.69. The van der Waals surface area contributed by atoms with Gasteiger partial charge in [0.2, 0.25) is 0 Å². The normalized spacial score (nSPS) is 10.4. The third-order valence-corrected chi connectivity index (χ3v) is 4.76. The Labute approximate surface area is 171 Å². The van der Waals surface area contributed by atoms with Gasteiger partial charge in [0, 0.05) is 12.2 Å². The van der Waals surface area contributed by atoms with Crippen molar-refractivity contribution in [3.05, 3.63) is 77.2 Å². The Hall–Kier alpha value is -3.41. The van der Waals surface area contributed by atoms with E-state index in [1.165, 1.54) is 6.20 Å². The third-order valence-electron chi connectivity index (χ3n) is 4.76. The van der Waals surface area contributed by atoms with Crippen molar-refractivity contribution in [3.8, 4) is 5.75 Å². The minimum absolute atomic E-state index is 0.262. The molecule has 2 N–H and O–H groups in total. The number of rotatable bonds is 8. The van der Waals surface area contributed by atoms with Gasteiger partial charge in [-0.2, -0.15) is 0 Å². The first kappa shape index (κ1) is 20.3. The van der Waals surface area contributed by atoms with Crippen molar-refractivity contribution in [1.82, 2.24) is 9.97 Å². The van der Waals surface area contributed by atoms with Crippen molar-refractivity contribution in [2.75, 3.05) is 24.3 Å². The van der Waals surface area contributed by atoms with Crippen molar-refractivity contribution in [3.63, 3.8) is 0 Å². The Balaban J connectivity index is 1.59. The van der Waals surface area contributed by atoms with Crippen LogP contribution < -0.4 is 15.4 Å². The summed E-state index contributed by atoms with van der Waals surface area (Å²) in [7, 11) is 1.67. The maximum Gasteiger partial charge on any atom is 0.275 e. The van der Waals surface area contributed by atoms with Crippen LogP contribution in [-0.4, -0.2) is 29.5 Å². The van der Waals surface area contributed by atoms with Crippen molar-refractivity contribution in [2.45, 2.75) is 26.7 Å². The van der Waals surface area contributed by atoms with Crippen LogP contribution in [0.1, 0.15) is 34.1 Å². The molecule has 0 unspecified atom stereocenters. The standard InChI is InChI=1S/C23H26N4O2/c1-4-17-10-7-8-16(2)22(17)27-23(28)19-14-26-21(15-25-19)24-13-12-18-9-5-6-11-20(18)29-3/h5-11,14-15H,4,12-13H2,1-3H3,(H,24,26)(H,27,28). The van der Waals surface area contributed by atoms with Crippen LogP contribution in [0.15, 0.2) is 54.9 Å². The monoisotopic (exact) mass is 390 g/mol. The summed E-state index contributed by atoms with van der Waals surface area (Å²) in [6.45, 7) is 4.73. The number of aryl methyl sites for hydroxylation is 2. The SMILES string of the molecule is CCc1cccc(C)c1NC(=O)c1cnc(NCCc2ccccc2OC)cn1. The van der Waals surface area contributed by atoms with E-state index in [1.54, 1.807) is 13.3 Å². The lowest BCUT2D eigenvalue weighted by molar-refractivity contribution is 0.102. The minimum atomic E-state index is -0.262. The Kier molecular flexibility index (Phi) is 6.79. The van der Waals surface area contributed by atoms with E-state index < -0.39 is 0 Å². The Bertz CT molecular complexity index is 971. The highest BCUT2D eigenvalue weighted by Crippen LogP contribution is 2.22. The molecule has 29 heavy (non-hydrogen) atoms. The zero-order valence-electron chi connectivity index (χ0n) is 17.0. The number of benzene rings is 2. The number of anilines is 2. The predicted molar refractivity (Wildman–Crippen MR) is 116 cm³/mol. The lowest BCUT2D eigenvalue weighted by Crippen LogP contribution is -2.16. The fraction of sp³-hybridized carbons (Fsp3) is 0.261. The van der Waals surface area contributed by atoms with Crippen LogP contribution in [0, 0.1) is 6.92 Å². The van der Waals surface area contributed by atoms with E-state index >= 15 is 0 Å². The minimum Gasteiger partial charge on any atom is -0.496 e. The number of methoxy groups -OCH3 is 1. The second-order valence-corrected chi connectivity index (χ2v) is 6.69. The molecule has 0 bridgehead atoms. The Morgan fingerprint density at radius 1 is 1.03 bits per heavy atom. The number of hydrogen-bond donors (Lipinski definition) is 2. The molecular weight excluding hydrogens is 364 g/mol. The van der Waals surface area contributed by atoms with Gasteiger partial charge in [0.15, 0.2) is 0 Å². The van der Waals surface area contributed by atoms with Gasteiger partial charge < -0.3 is 15.4 Å². The average molecular weight is 390 g/mol. The van der Waals surface area contributed by atoms with Crippen molar-refractivity contribution in [1.29, 1.82) is 0 Å². The van der Waals surface area contributed by atoms with E-state index in [0.29, 0.717) is 12.4 Å². The number of hydrogen-bond acceptors (Lipinski definition) is 5. The number of ether oxygens (including phenoxy) is 1. The van der Waals surface area contributed by atoms with Crippen molar-refractivity contribution in [2.24, 2.45) is 0 Å². The lowest BCUT2D eigenvalue weighted by atomic mass is 10.1. The zero-order chi connectivity index (χ0) is 20.6. The first-order chi connectivity index (χ1) is 14.1. The fourth-order valence-corrected chi connectivity index (χ4v) is 3.15. The van der Waals surface area contributed by atoms with Crippen LogP contribution >= 0.6 is 0 Å². The molecule has 150 valence electrons. The quantitative estimate of drug-likeness (QED) is 0.601. The summed E-state index contributed by atoms with van der Waals surface area (Å²) < 4.78 is 5.36. The fourth-order valence-electron chi connectivity index (χ4n) is 3.15. The molecule has 0 aliphatic carbocycles. The molecule has 1 aromatic heterocycles. The van der Waals surface area contributed by atoms with Gasteiger partial charge in [0.05, 0.1) is 19.5 Å². The third kappa shape index (κ3) is 5.10. The highest BCUT2D eigenvalue weighted by atomic mass is 16.5. The van der Waals surface area contributed by atoms with Gasteiger partial charge in [0.25, 0.3) is 5.91 Å². The molecule has 0 aliphatic heterocycles. The molecule has 1 amide bonds. The van der Waals surface area contributed by atoms with E-state index in [-0.39, 0.29) is 11.6 Å². The maximum absolute atomic E-state index is 12.6. The molecule has 1 heterocycles. The maximum atomic E-state index is 12.6. The molecule has 0 radical (unpaired) electrons. The molecule has 3 aromatic rings. The largest absolute Gasteiger partial charge is 0.496 e. The summed E-state index contributed by atoms with van der Waals surface area (Å²) in [6, 6.07) is 13.9. The molecule has 0 saturated carbocycles. The van der Waals surface area contributed by atoms with Gasteiger partial charge >= 0.3 is 0 Å². The summed E-state index contributed by atoms with van der Waals surface area (Å²) in [4.78, 5) is 21.1. The molecule has 0 saturated heterocycles. The summed E-state index contributed by atoms with van der Waals surface area (Å²) in [5.41, 5.74) is 4.38. The molecule has 0 fully saturated rings. The van der Waals surface area contributed by atoms with Gasteiger partial charge in [-0.05, 0) is 42.5 Å². The first-order valence-corrected chi connectivity index (χ1v) is 9.70. The van der Waals surface area contributed by atoms with Crippen LogP contribution in [0.25, 0.3) is 0 Å². The summed E-state index contributed by atoms with van der Waals surface area (Å²) in [6.07, 6.45) is 4.71. The summed E-state index contributed by atoms with van der Waals surface area (Å²) in [5.74, 6) is 1.23. The molecule has 2 aromatic carbocycles. The number of aromatic nitrogens is 2. The first-order valence-electron chi connectivity index (χ1n) is 9.70. The van der Waals surface area contributed by atoms with Crippen LogP contribution in [-0.2, 0) is 12.8 Å². The Morgan fingerprint density at radius 3 is 2.55 bits per heavy atom. The highest BCUT2D eigenvalue weighted by molar-refractivity contribution is 6.03. The van der Waals surface area contributed by atoms with E-state index in [1.807, 2.05) is 49.4 Å². The van der Waals surface area contributed by atoms with E-state index in [4.69, 9.17) is 4.74 Å². The second kappa shape index (κ2) is 9.68. The average Bonchev–Trinajstić information content (AvgIpc) is 2.76. The van der Waals surface area contributed by atoms with Crippen molar-refractivity contribution >= 4 is 17.4 Å². The van der Waals surface area contributed by atoms with Crippen LogP contribution in [0.3, 0.4) is 0 Å². The van der Waals surface area contributed by atoms with Gasteiger partial charge in [-0.15, -0.1) is 0 Å². The van der Waals surface area contributed by atoms with E-state index in [0.717, 1.165) is 41.0 Å². The van der Waals surface area contributed by atoms with Gasteiger partial charge in [-0.25, -0.2) is 9.97 Å². The number of nitrogens with one attached hydrogen (secondary N) is 2. The Morgan fingerprint density at radius 2 is 1.83 bits per heavy atom. The molecule has 0 spiro atoms. The molecule has 6 nitrogen and oxygen atoms in total. The van der Waals surface area contributed by atoms with E-state index in [2.05, 4.69) is 27.5 Å². The van der Waals surface area contributed by atoms with Crippen molar-refractivity contribution < 1.29 is 9.53 Å². The molecule has 0 aliphatic rings. The number of amides is 1. The smallest absolute Gasteiger partial charge is 0.275 e. The number of carbonyl (C=O) groups is 1. The highest BCUT2D eigenvalue weighted by Gasteiger charge is 2.12. The molecule has 0 atom stereocenters. The van der Waals surface area contributed by atoms with Crippen LogP contribution in [0.5, 0.6) is 5.75 Å². The molecular formula is C23H26N4O2. The summed E-state index contributed by atoms with van der Waals surface area (Å²) in [5, 5.41) is 6.19.